The summed E-state index contributed by atoms with van der Waals surface area (Å²) in [6, 6.07) is 14.5. The number of unbranched alkanes of at least 4 members (excludes halogenated alkanes) is 1. The predicted octanol–water partition coefficient (Wildman–Crippen LogP) is 4.54. The Hall–Kier alpha value is -1.54. The predicted molar refractivity (Wildman–Crippen MR) is 81.6 cm³/mol. The van der Waals surface area contributed by atoms with Crippen molar-refractivity contribution in [2.75, 3.05) is 11.4 Å². The molecule has 0 aliphatic carbocycles. The van der Waals surface area contributed by atoms with Gasteiger partial charge in [-0.1, -0.05) is 43.1 Å². The van der Waals surface area contributed by atoms with Crippen LogP contribution in [-0.2, 0) is 6.54 Å². The van der Waals surface area contributed by atoms with Crippen molar-refractivity contribution in [3.05, 3.63) is 59.4 Å². The summed E-state index contributed by atoms with van der Waals surface area (Å²) >= 11 is 5.95. The molecule has 0 amide bonds. The van der Waals surface area contributed by atoms with Gasteiger partial charge in [0, 0.05) is 25.0 Å². The third kappa shape index (κ3) is 4.25. The number of aromatic nitrogens is 1. The van der Waals surface area contributed by atoms with Crippen molar-refractivity contribution >= 4 is 17.3 Å². The first-order valence-electron chi connectivity index (χ1n) is 6.70. The van der Waals surface area contributed by atoms with Crippen LogP contribution in [0.1, 0.15) is 25.3 Å². The van der Waals surface area contributed by atoms with Crippen LogP contribution in [0.15, 0.2) is 48.7 Å². The van der Waals surface area contributed by atoms with Gasteiger partial charge in [0.1, 0.15) is 5.15 Å². The lowest BCUT2D eigenvalue weighted by atomic mass is 10.2. The van der Waals surface area contributed by atoms with Gasteiger partial charge >= 0.3 is 0 Å². The average Bonchev–Trinajstić information content (AvgIpc) is 2.44. The van der Waals surface area contributed by atoms with Crippen LogP contribution in [0.5, 0.6) is 0 Å². The standard InChI is InChI=1S/C16H19ClN2/c1-2-3-11-19(15-7-5-4-6-8-15)13-14-9-10-18-16(17)12-14/h4-10,12H,2-3,11,13H2,1H3. The largest absolute Gasteiger partial charge is 0.367 e. The number of halogens is 1. The number of benzene rings is 1. The number of para-hydroxylation sites is 1. The highest BCUT2D eigenvalue weighted by Gasteiger charge is 2.07. The van der Waals surface area contributed by atoms with E-state index in [0.717, 1.165) is 13.1 Å². The molecule has 1 heterocycles. The van der Waals surface area contributed by atoms with Gasteiger partial charge in [-0.25, -0.2) is 4.98 Å². The zero-order chi connectivity index (χ0) is 13.5. The van der Waals surface area contributed by atoms with Crippen molar-refractivity contribution in [2.24, 2.45) is 0 Å². The van der Waals surface area contributed by atoms with Crippen molar-refractivity contribution in [2.45, 2.75) is 26.3 Å². The highest BCUT2D eigenvalue weighted by Crippen LogP contribution is 2.18. The van der Waals surface area contributed by atoms with Gasteiger partial charge in [-0.15, -0.1) is 0 Å². The molecule has 0 saturated carbocycles. The van der Waals surface area contributed by atoms with Crippen LogP contribution in [0.3, 0.4) is 0 Å². The topological polar surface area (TPSA) is 16.1 Å². The molecule has 3 heteroatoms. The molecule has 1 aromatic heterocycles. The van der Waals surface area contributed by atoms with Crippen molar-refractivity contribution in [3.8, 4) is 0 Å². The minimum Gasteiger partial charge on any atom is -0.367 e. The van der Waals surface area contributed by atoms with Crippen molar-refractivity contribution in [1.29, 1.82) is 0 Å². The van der Waals surface area contributed by atoms with E-state index in [0.29, 0.717) is 5.15 Å². The quantitative estimate of drug-likeness (QED) is 0.719. The highest BCUT2D eigenvalue weighted by molar-refractivity contribution is 6.29. The second-order valence-corrected chi connectivity index (χ2v) is 4.98. The fourth-order valence-corrected chi connectivity index (χ4v) is 2.25. The number of pyridine rings is 1. The smallest absolute Gasteiger partial charge is 0.129 e. The maximum atomic E-state index is 5.95. The molecule has 0 atom stereocenters. The molecule has 0 aliphatic rings. The Morgan fingerprint density at radius 2 is 1.95 bits per heavy atom. The molecule has 2 aromatic rings. The molecule has 0 aliphatic heterocycles. The van der Waals surface area contributed by atoms with E-state index in [1.54, 1.807) is 6.20 Å². The zero-order valence-corrected chi connectivity index (χ0v) is 12.0. The molecule has 0 radical (unpaired) electrons. The number of nitrogens with zero attached hydrogens (tertiary/aromatic N) is 2. The van der Waals surface area contributed by atoms with Crippen LogP contribution in [0.25, 0.3) is 0 Å². The summed E-state index contributed by atoms with van der Waals surface area (Å²) in [5, 5.41) is 0.556. The van der Waals surface area contributed by atoms with Crippen molar-refractivity contribution in [3.63, 3.8) is 0 Å². The Balaban J connectivity index is 2.14. The summed E-state index contributed by atoms with van der Waals surface area (Å²) in [5.74, 6) is 0. The molecule has 0 unspecified atom stereocenters. The van der Waals surface area contributed by atoms with E-state index in [-0.39, 0.29) is 0 Å². The normalized spacial score (nSPS) is 10.4. The van der Waals surface area contributed by atoms with Gasteiger partial charge in [-0.3, -0.25) is 0 Å². The van der Waals surface area contributed by atoms with Crippen molar-refractivity contribution in [1.82, 2.24) is 4.98 Å². The van der Waals surface area contributed by atoms with E-state index >= 15 is 0 Å². The fraction of sp³-hybridized carbons (Fsp3) is 0.312. The van der Waals surface area contributed by atoms with E-state index in [2.05, 4.69) is 41.1 Å². The van der Waals surface area contributed by atoms with Crippen LogP contribution in [0.2, 0.25) is 5.15 Å². The monoisotopic (exact) mass is 274 g/mol. The molecule has 2 nitrogen and oxygen atoms in total. The maximum Gasteiger partial charge on any atom is 0.129 e. The van der Waals surface area contributed by atoms with Gasteiger partial charge < -0.3 is 4.90 Å². The fourth-order valence-electron chi connectivity index (χ4n) is 2.05. The second-order valence-electron chi connectivity index (χ2n) is 4.60. The molecule has 1 aromatic carbocycles. The zero-order valence-electron chi connectivity index (χ0n) is 11.2. The Morgan fingerprint density at radius 1 is 1.16 bits per heavy atom. The summed E-state index contributed by atoms with van der Waals surface area (Å²) < 4.78 is 0. The molecule has 100 valence electrons. The van der Waals surface area contributed by atoms with Gasteiger partial charge in [0.25, 0.3) is 0 Å². The summed E-state index contributed by atoms with van der Waals surface area (Å²) in [7, 11) is 0. The first-order chi connectivity index (χ1) is 9.29. The van der Waals surface area contributed by atoms with Crippen LogP contribution in [0.4, 0.5) is 5.69 Å². The molecule has 0 bridgehead atoms. The van der Waals surface area contributed by atoms with Crippen LogP contribution in [-0.4, -0.2) is 11.5 Å². The second kappa shape index (κ2) is 7.15. The first-order valence-corrected chi connectivity index (χ1v) is 7.08. The third-order valence-corrected chi connectivity index (χ3v) is 3.27. The minimum atomic E-state index is 0.556. The van der Waals surface area contributed by atoms with Crippen LogP contribution >= 0.6 is 11.6 Å². The van der Waals surface area contributed by atoms with Gasteiger partial charge in [-0.05, 0) is 36.2 Å². The average molecular weight is 275 g/mol. The molecule has 0 saturated heterocycles. The summed E-state index contributed by atoms with van der Waals surface area (Å²) in [6.07, 6.45) is 4.15. The van der Waals surface area contributed by atoms with Gasteiger partial charge in [0.2, 0.25) is 0 Å². The van der Waals surface area contributed by atoms with Gasteiger partial charge in [0.15, 0.2) is 0 Å². The Morgan fingerprint density at radius 3 is 2.63 bits per heavy atom. The lowest BCUT2D eigenvalue weighted by molar-refractivity contribution is 0.715. The molecule has 0 spiro atoms. The molecule has 19 heavy (non-hydrogen) atoms. The summed E-state index contributed by atoms with van der Waals surface area (Å²) in [5.41, 5.74) is 2.45. The first kappa shape index (κ1) is 13.9. The Kier molecular flexibility index (Phi) is 5.22. The van der Waals surface area contributed by atoms with Gasteiger partial charge in [0.05, 0.1) is 0 Å². The van der Waals surface area contributed by atoms with E-state index in [1.165, 1.54) is 24.1 Å². The van der Waals surface area contributed by atoms with Crippen molar-refractivity contribution < 1.29 is 0 Å². The van der Waals surface area contributed by atoms with Crippen LogP contribution in [0, 0.1) is 0 Å². The molecule has 0 fully saturated rings. The van der Waals surface area contributed by atoms with E-state index in [1.807, 2.05) is 18.2 Å². The van der Waals surface area contributed by atoms with E-state index in [9.17, 15) is 0 Å². The lowest BCUT2D eigenvalue weighted by Gasteiger charge is -2.25. The van der Waals surface area contributed by atoms with E-state index in [4.69, 9.17) is 11.6 Å². The molecular weight excluding hydrogens is 256 g/mol. The third-order valence-electron chi connectivity index (χ3n) is 3.07. The maximum absolute atomic E-state index is 5.95. The Labute approximate surface area is 120 Å². The number of hydrogen-bond donors (Lipinski definition) is 0. The highest BCUT2D eigenvalue weighted by atomic mass is 35.5. The molecular formula is C16H19ClN2. The van der Waals surface area contributed by atoms with Crippen LogP contribution < -0.4 is 4.90 Å². The number of anilines is 1. The lowest BCUT2D eigenvalue weighted by Crippen LogP contribution is -2.23. The summed E-state index contributed by atoms with van der Waals surface area (Å²) in [6.45, 7) is 4.14. The van der Waals surface area contributed by atoms with Gasteiger partial charge in [-0.2, -0.15) is 0 Å². The van der Waals surface area contributed by atoms with E-state index < -0.39 is 0 Å². The number of rotatable bonds is 6. The Bertz CT molecular complexity index is 499. The number of hydrogen-bond acceptors (Lipinski definition) is 2. The molecule has 0 N–H and O–H groups in total. The molecule has 2 rings (SSSR count). The minimum absolute atomic E-state index is 0.556. The SMILES string of the molecule is CCCCN(Cc1ccnc(Cl)c1)c1ccccc1. The summed E-state index contributed by atoms with van der Waals surface area (Å²) in [4.78, 5) is 6.41.